The van der Waals surface area contributed by atoms with E-state index in [1.54, 1.807) is 7.11 Å². The second-order valence-electron chi connectivity index (χ2n) is 7.72. The van der Waals surface area contributed by atoms with Gasteiger partial charge >= 0.3 is 6.16 Å². The molecule has 0 spiro atoms. The number of piperidine rings is 1. The van der Waals surface area contributed by atoms with E-state index in [9.17, 15) is 4.79 Å². The third-order valence-electron chi connectivity index (χ3n) is 6.35. The molecule has 128 valence electrons. The van der Waals surface area contributed by atoms with Crippen molar-refractivity contribution in [3.8, 4) is 5.75 Å². The molecule has 0 N–H and O–H groups in total. The van der Waals surface area contributed by atoms with Crippen LogP contribution >= 0.6 is 0 Å². The zero-order valence-corrected chi connectivity index (χ0v) is 14.0. The van der Waals surface area contributed by atoms with E-state index < -0.39 is 6.16 Å². The number of fused-ring (bicyclic) bond motifs is 1. The number of nitrogens with zero attached hydrogens (tertiary/aromatic N) is 1. The van der Waals surface area contributed by atoms with Crippen LogP contribution in [0.3, 0.4) is 0 Å². The number of hydrogen-bond donors (Lipinski definition) is 0. The van der Waals surface area contributed by atoms with Gasteiger partial charge in [0.15, 0.2) is 0 Å². The normalized spacial score (nSPS) is 34.6. The lowest BCUT2D eigenvalue weighted by molar-refractivity contribution is -0.138. The highest BCUT2D eigenvalue weighted by Crippen LogP contribution is 2.50. The van der Waals surface area contributed by atoms with Gasteiger partial charge in [0.2, 0.25) is 0 Å². The molecule has 2 aliphatic carbocycles. The minimum atomic E-state index is -0.514. The molecule has 2 aliphatic heterocycles. The Hall–Kier alpha value is -1.75. The van der Waals surface area contributed by atoms with Crippen molar-refractivity contribution in [2.75, 3.05) is 26.8 Å². The maximum absolute atomic E-state index is 11.8. The first kappa shape index (κ1) is 14.6. The van der Waals surface area contributed by atoms with Gasteiger partial charge in [-0.1, -0.05) is 6.07 Å². The largest absolute Gasteiger partial charge is 0.508 e. The molecular weight excluding hydrogens is 306 g/mol. The van der Waals surface area contributed by atoms with E-state index in [0.29, 0.717) is 6.61 Å². The maximum atomic E-state index is 11.8. The van der Waals surface area contributed by atoms with Crippen LogP contribution in [-0.4, -0.2) is 50.0 Å². The average molecular weight is 329 g/mol. The Morgan fingerprint density at radius 2 is 2.25 bits per heavy atom. The molecule has 0 aromatic heterocycles. The molecule has 1 saturated carbocycles. The zero-order chi connectivity index (χ0) is 16.3. The quantitative estimate of drug-likeness (QED) is 0.798. The van der Waals surface area contributed by atoms with Gasteiger partial charge in [-0.3, -0.25) is 4.90 Å². The number of carbonyl (C=O) groups excluding carboxylic acids is 1. The highest BCUT2D eigenvalue weighted by molar-refractivity contribution is 5.63. The van der Waals surface area contributed by atoms with Crippen molar-refractivity contribution in [2.24, 2.45) is 5.92 Å². The summed E-state index contributed by atoms with van der Waals surface area (Å²) in [4.78, 5) is 14.4. The van der Waals surface area contributed by atoms with E-state index in [-0.39, 0.29) is 17.6 Å². The smallest absolute Gasteiger partial charge is 0.497 e. The van der Waals surface area contributed by atoms with Gasteiger partial charge in [-0.2, -0.15) is 0 Å². The minimum absolute atomic E-state index is 0.106. The van der Waals surface area contributed by atoms with E-state index in [0.717, 1.165) is 37.6 Å². The Morgan fingerprint density at radius 1 is 1.38 bits per heavy atom. The first-order valence-corrected chi connectivity index (χ1v) is 8.94. The standard InChI is InChI=1S/C19H23NO4/c1-22-14-5-4-13-8-16-17-19(15(13)9-14,11-23-18(21)24-17)6-7-20(16)10-12-2-3-12/h4-5,9,12,16-17H,2-3,6-8,10-11H2,1H3/t16-,17+,19-/m1/s1. The van der Waals surface area contributed by atoms with Crippen LogP contribution in [0.4, 0.5) is 4.79 Å². The summed E-state index contributed by atoms with van der Waals surface area (Å²) in [6, 6.07) is 6.60. The van der Waals surface area contributed by atoms with Gasteiger partial charge in [-0.15, -0.1) is 0 Å². The molecule has 4 aliphatic rings. The van der Waals surface area contributed by atoms with Gasteiger partial charge in [0.25, 0.3) is 0 Å². The summed E-state index contributed by atoms with van der Waals surface area (Å²) in [5, 5.41) is 0. The maximum Gasteiger partial charge on any atom is 0.508 e. The van der Waals surface area contributed by atoms with Crippen LogP contribution in [-0.2, 0) is 21.3 Å². The number of hydrogen-bond acceptors (Lipinski definition) is 5. The fraction of sp³-hybridized carbons (Fsp3) is 0.632. The molecule has 5 heteroatoms. The minimum Gasteiger partial charge on any atom is -0.497 e. The van der Waals surface area contributed by atoms with Gasteiger partial charge in [-0.25, -0.2) is 4.79 Å². The molecule has 0 unspecified atom stereocenters. The number of rotatable bonds is 3. The monoisotopic (exact) mass is 329 g/mol. The second-order valence-corrected chi connectivity index (χ2v) is 7.72. The first-order valence-electron chi connectivity index (χ1n) is 8.94. The molecule has 0 radical (unpaired) electrons. The second kappa shape index (κ2) is 5.12. The summed E-state index contributed by atoms with van der Waals surface area (Å²) in [7, 11) is 1.69. The molecule has 5 nitrogen and oxygen atoms in total. The molecule has 0 amide bonds. The van der Waals surface area contributed by atoms with Crippen LogP contribution in [0.1, 0.15) is 30.4 Å². The van der Waals surface area contributed by atoms with Gasteiger partial charge < -0.3 is 14.2 Å². The summed E-state index contributed by atoms with van der Waals surface area (Å²) in [5.74, 6) is 1.70. The predicted octanol–water partition coefficient (Wildman–Crippen LogP) is 2.51. The number of methoxy groups -OCH3 is 1. The predicted molar refractivity (Wildman–Crippen MR) is 87.3 cm³/mol. The summed E-state index contributed by atoms with van der Waals surface area (Å²) in [6.07, 6.45) is 3.97. The number of cyclic esters (lactones) is 1. The van der Waals surface area contributed by atoms with Gasteiger partial charge in [-0.05, 0) is 61.4 Å². The Bertz CT molecular complexity index is 686. The third kappa shape index (κ3) is 2.07. The lowest BCUT2D eigenvalue weighted by Crippen LogP contribution is -2.68. The van der Waals surface area contributed by atoms with Crippen LogP contribution in [0.5, 0.6) is 5.75 Å². The molecule has 5 rings (SSSR count). The third-order valence-corrected chi connectivity index (χ3v) is 6.35. The molecule has 2 saturated heterocycles. The zero-order valence-electron chi connectivity index (χ0n) is 14.0. The van der Waals surface area contributed by atoms with Crippen molar-refractivity contribution in [2.45, 2.75) is 43.2 Å². The molecule has 2 heterocycles. The Kier molecular flexibility index (Phi) is 3.11. The summed E-state index contributed by atoms with van der Waals surface area (Å²) in [5.41, 5.74) is 2.38. The van der Waals surface area contributed by atoms with Crippen molar-refractivity contribution in [3.05, 3.63) is 29.3 Å². The van der Waals surface area contributed by atoms with Crippen molar-refractivity contribution in [1.29, 1.82) is 0 Å². The van der Waals surface area contributed by atoms with E-state index >= 15 is 0 Å². The number of ether oxygens (including phenoxy) is 3. The number of likely N-dealkylation sites (tertiary alicyclic amines) is 1. The first-order chi connectivity index (χ1) is 11.7. The summed E-state index contributed by atoms with van der Waals surface area (Å²) in [6.45, 7) is 2.61. The molecule has 3 atom stereocenters. The highest BCUT2D eigenvalue weighted by Gasteiger charge is 2.58. The van der Waals surface area contributed by atoms with Crippen molar-refractivity contribution in [1.82, 2.24) is 4.90 Å². The van der Waals surface area contributed by atoms with Crippen LogP contribution in [0.15, 0.2) is 18.2 Å². The Labute approximate surface area is 141 Å². The molecule has 1 aromatic carbocycles. The molecule has 1 aromatic rings. The van der Waals surface area contributed by atoms with Crippen LogP contribution in [0.2, 0.25) is 0 Å². The molecular formula is C19H23NO4. The number of carbonyl (C=O) groups is 1. The van der Waals surface area contributed by atoms with Gasteiger partial charge in [0.1, 0.15) is 18.5 Å². The van der Waals surface area contributed by atoms with Crippen LogP contribution in [0, 0.1) is 5.92 Å². The molecule has 2 bridgehead atoms. The fourth-order valence-corrected chi connectivity index (χ4v) is 4.89. The lowest BCUT2D eigenvalue weighted by atomic mass is 9.61. The SMILES string of the molecule is COc1ccc2c(c1)[C@]13CCN(CC4CC4)[C@H](C2)[C@@H]1OC(=O)OC3. The topological polar surface area (TPSA) is 48.0 Å². The fourth-order valence-electron chi connectivity index (χ4n) is 4.89. The van der Waals surface area contributed by atoms with E-state index in [2.05, 4.69) is 17.0 Å². The van der Waals surface area contributed by atoms with Crippen molar-refractivity contribution in [3.63, 3.8) is 0 Å². The Morgan fingerprint density at radius 3 is 3.04 bits per heavy atom. The highest BCUT2D eigenvalue weighted by atomic mass is 16.7. The average Bonchev–Trinajstić information content (AvgIpc) is 3.41. The molecule has 3 fully saturated rings. The van der Waals surface area contributed by atoms with Crippen molar-refractivity contribution < 1.29 is 19.0 Å². The number of benzene rings is 1. The Balaban J connectivity index is 1.58. The lowest BCUT2D eigenvalue weighted by Gasteiger charge is -2.56. The molecule has 24 heavy (non-hydrogen) atoms. The summed E-state index contributed by atoms with van der Waals surface area (Å²) >= 11 is 0. The van der Waals surface area contributed by atoms with E-state index in [1.165, 1.54) is 24.0 Å². The van der Waals surface area contributed by atoms with E-state index in [1.807, 2.05) is 6.07 Å². The van der Waals surface area contributed by atoms with Gasteiger partial charge in [0.05, 0.1) is 18.6 Å². The van der Waals surface area contributed by atoms with Crippen LogP contribution < -0.4 is 4.74 Å². The van der Waals surface area contributed by atoms with E-state index in [4.69, 9.17) is 14.2 Å². The summed E-state index contributed by atoms with van der Waals surface area (Å²) < 4.78 is 16.6. The van der Waals surface area contributed by atoms with Gasteiger partial charge in [0, 0.05) is 6.54 Å². The van der Waals surface area contributed by atoms with Crippen LogP contribution in [0.25, 0.3) is 0 Å². The van der Waals surface area contributed by atoms with Crippen molar-refractivity contribution >= 4 is 6.16 Å².